The molecule has 2 aliphatic heterocycles. The number of likely N-dealkylation sites (tertiary alicyclic amines) is 1. The molecule has 2 aromatic carbocycles. The molecular weight excluding hydrogens is 430 g/mol. The molecule has 2 aromatic rings. The molecule has 1 N–H and O–H groups in total. The van der Waals surface area contributed by atoms with Crippen molar-refractivity contribution in [2.45, 2.75) is 57.7 Å². The number of amides is 3. The van der Waals surface area contributed by atoms with Crippen LogP contribution in [0.5, 0.6) is 0 Å². The van der Waals surface area contributed by atoms with E-state index >= 15 is 0 Å². The topological polar surface area (TPSA) is 79.0 Å². The predicted octanol–water partition coefficient (Wildman–Crippen LogP) is 3.66. The predicted molar refractivity (Wildman–Crippen MR) is 129 cm³/mol. The van der Waals surface area contributed by atoms with Crippen molar-refractivity contribution in [2.75, 3.05) is 19.6 Å². The molecule has 0 aliphatic carbocycles. The molecule has 1 atom stereocenters. The Labute approximate surface area is 201 Å². The molecule has 0 saturated carbocycles. The Balaban J connectivity index is 1.24. The maximum atomic E-state index is 13.2. The number of rotatable bonds is 8. The first kappa shape index (κ1) is 23.8. The van der Waals surface area contributed by atoms with Crippen LogP contribution in [0.15, 0.2) is 54.6 Å². The van der Waals surface area contributed by atoms with E-state index in [-0.39, 0.29) is 18.4 Å². The lowest BCUT2D eigenvalue weighted by Crippen LogP contribution is -2.53. The van der Waals surface area contributed by atoms with Gasteiger partial charge in [0.15, 0.2) is 0 Å². The van der Waals surface area contributed by atoms with Crippen LogP contribution < -0.4 is 5.32 Å². The lowest BCUT2D eigenvalue weighted by Gasteiger charge is -2.38. The minimum absolute atomic E-state index is 0.00120. The van der Waals surface area contributed by atoms with E-state index in [1.54, 1.807) is 4.90 Å². The Kier molecular flexibility index (Phi) is 8.17. The highest BCUT2D eigenvalue weighted by atomic mass is 16.5. The first-order valence-corrected chi connectivity index (χ1v) is 12.2. The molecule has 1 saturated heterocycles. The number of nitrogens with one attached hydrogen (secondary N) is 1. The molecule has 1 unspecified atom stereocenters. The van der Waals surface area contributed by atoms with Gasteiger partial charge >= 0.3 is 6.09 Å². The van der Waals surface area contributed by atoms with Gasteiger partial charge in [-0.15, -0.1) is 0 Å². The van der Waals surface area contributed by atoms with Gasteiger partial charge in [-0.3, -0.25) is 9.59 Å². The summed E-state index contributed by atoms with van der Waals surface area (Å²) < 4.78 is 5.21. The number of carbonyl (C=O) groups is 3. The second kappa shape index (κ2) is 11.7. The fourth-order valence-electron chi connectivity index (χ4n) is 4.66. The molecule has 0 spiro atoms. The summed E-state index contributed by atoms with van der Waals surface area (Å²) in [5.41, 5.74) is 3.20. The van der Waals surface area contributed by atoms with Crippen LogP contribution in [-0.2, 0) is 33.9 Å². The van der Waals surface area contributed by atoms with Gasteiger partial charge in [0.25, 0.3) is 0 Å². The molecule has 2 aliphatic rings. The third-order valence-corrected chi connectivity index (χ3v) is 6.57. The third-order valence-electron chi connectivity index (χ3n) is 6.57. The van der Waals surface area contributed by atoms with E-state index in [1.807, 2.05) is 53.4 Å². The highest BCUT2D eigenvalue weighted by molar-refractivity contribution is 5.88. The molecule has 3 amide bonds. The number of fused-ring (bicyclic) bond motifs is 1. The second-order valence-electron chi connectivity index (χ2n) is 8.99. The van der Waals surface area contributed by atoms with Gasteiger partial charge < -0.3 is 19.9 Å². The van der Waals surface area contributed by atoms with Crippen LogP contribution >= 0.6 is 0 Å². The number of unbranched alkanes of at least 4 members (excludes halogenated alkanes) is 1. The van der Waals surface area contributed by atoms with Crippen LogP contribution in [0.4, 0.5) is 4.79 Å². The Morgan fingerprint density at radius 3 is 2.38 bits per heavy atom. The van der Waals surface area contributed by atoms with Gasteiger partial charge in [-0.05, 0) is 42.4 Å². The van der Waals surface area contributed by atoms with Crippen molar-refractivity contribution in [3.63, 3.8) is 0 Å². The van der Waals surface area contributed by atoms with Crippen LogP contribution in [0, 0.1) is 0 Å². The molecule has 0 radical (unpaired) electrons. The zero-order chi connectivity index (χ0) is 23.8. The normalized spacial score (nSPS) is 17.2. The summed E-state index contributed by atoms with van der Waals surface area (Å²) in [6.45, 7) is 2.72. The standard InChI is InChI=1S/C27H33N3O4/c31-25(14-6-7-15-28-27(33)34-20-21-10-2-1-3-11-21)30-19-23-13-5-4-12-22(23)18-24(30)26(32)29-16-8-9-17-29/h1-5,10-13,24H,6-9,14-20H2,(H,28,33). The summed E-state index contributed by atoms with van der Waals surface area (Å²) in [6.07, 6.45) is 3.84. The van der Waals surface area contributed by atoms with Gasteiger partial charge in [-0.2, -0.15) is 0 Å². The Morgan fingerprint density at radius 2 is 1.62 bits per heavy atom. The fourth-order valence-corrected chi connectivity index (χ4v) is 4.66. The minimum atomic E-state index is -0.459. The smallest absolute Gasteiger partial charge is 0.407 e. The van der Waals surface area contributed by atoms with Crippen molar-refractivity contribution in [3.05, 3.63) is 71.3 Å². The highest BCUT2D eigenvalue weighted by Crippen LogP contribution is 2.26. The number of alkyl carbamates (subject to hydrolysis) is 1. The van der Waals surface area contributed by atoms with Crippen LogP contribution in [0.1, 0.15) is 48.8 Å². The zero-order valence-electron chi connectivity index (χ0n) is 19.6. The molecule has 7 nitrogen and oxygen atoms in total. The maximum Gasteiger partial charge on any atom is 0.407 e. The van der Waals surface area contributed by atoms with Crippen molar-refractivity contribution in [3.8, 4) is 0 Å². The average Bonchev–Trinajstić information content (AvgIpc) is 3.41. The number of hydrogen-bond acceptors (Lipinski definition) is 4. The SMILES string of the molecule is O=C(NCCCCC(=O)N1Cc2ccccc2CC1C(=O)N1CCCC1)OCc1ccccc1. The number of carbonyl (C=O) groups excluding carboxylic acids is 3. The molecule has 34 heavy (non-hydrogen) atoms. The Morgan fingerprint density at radius 1 is 0.912 bits per heavy atom. The van der Waals surface area contributed by atoms with Crippen molar-refractivity contribution in [1.29, 1.82) is 0 Å². The molecule has 180 valence electrons. The van der Waals surface area contributed by atoms with Gasteiger partial charge in [-0.1, -0.05) is 54.6 Å². The summed E-state index contributed by atoms with van der Waals surface area (Å²) in [4.78, 5) is 41.9. The van der Waals surface area contributed by atoms with E-state index in [0.717, 1.165) is 42.6 Å². The quantitative estimate of drug-likeness (QED) is 0.606. The lowest BCUT2D eigenvalue weighted by atomic mass is 9.92. The molecule has 7 heteroatoms. The molecule has 2 heterocycles. The summed E-state index contributed by atoms with van der Waals surface area (Å²) in [7, 11) is 0. The zero-order valence-corrected chi connectivity index (χ0v) is 19.6. The summed E-state index contributed by atoms with van der Waals surface area (Å²) in [6, 6.07) is 17.2. The van der Waals surface area contributed by atoms with Crippen LogP contribution in [0.2, 0.25) is 0 Å². The average molecular weight is 464 g/mol. The third kappa shape index (κ3) is 6.16. The second-order valence-corrected chi connectivity index (χ2v) is 8.99. The summed E-state index contributed by atoms with van der Waals surface area (Å²) >= 11 is 0. The van der Waals surface area contributed by atoms with E-state index < -0.39 is 12.1 Å². The monoisotopic (exact) mass is 463 g/mol. The largest absolute Gasteiger partial charge is 0.445 e. The first-order chi connectivity index (χ1) is 16.6. The van der Waals surface area contributed by atoms with Crippen LogP contribution in [0.3, 0.4) is 0 Å². The van der Waals surface area contributed by atoms with Gasteiger partial charge in [-0.25, -0.2) is 4.79 Å². The minimum Gasteiger partial charge on any atom is -0.445 e. The number of benzene rings is 2. The highest BCUT2D eigenvalue weighted by Gasteiger charge is 2.37. The molecule has 1 fully saturated rings. The van der Waals surface area contributed by atoms with Crippen LogP contribution in [-0.4, -0.2) is 53.4 Å². The summed E-state index contributed by atoms with van der Waals surface area (Å²) in [5, 5.41) is 2.74. The lowest BCUT2D eigenvalue weighted by molar-refractivity contribution is -0.146. The molecule has 0 aromatic heterocycles. The fraction of sp³-hybridized carbons (Fsp3) is 0.444. The van der Waals surface area contributed by atoms with E-state index in [9.17, 15) is 14.4 Å². The number of ether oxygens (including phenoxy) is 1. The van der Waals surface area contributed by atoms with Crippen molar-refractivity contribution in [1.82, 2.24) is 15.1 Å². The first-order valence-electron chi connectivity index (χ1n) is 12.2. The Bertz CT molecular complexity index is 988. The van der Waals surface area contributed by atoms with Crippen molar-refractivity contribution in [2.24, 2.45) is 0 Å². The van der Waals surface area contributed by atoms with Crippen molar-refractivity contribution >= 4 is 17.9 Å². The van der Waals surface area contributed by atoms with Crippen molar-refractivity contribution < 1.29 is 19.1 Å². The maximum absolute atomic E-state index is 13.2. The van der Waals surface area contributed by atoms with E-state index in [1.165, 1.54) is 0 Å². The van der Waals surface area contributed by atoms with Crippen LogP contribution in [0.25, 0.3) is 0 Å². The van der Waals surface area contributed by atoms with Gasteiger partial charge in [0, 0.05) is 39.0 Å². The molecule has 0 bridgehead atoms. The molecule has 4 rings (SSSR count). The van der Waals surface area contributed by atoms with E-state index in [4.69, 9.17) is 4.74 Å². The molecular formula is C27H33N3O4. The Hall–Kier alpha value is -3.35. The van der Waals surface area contributed by atoms with E-state index in [2.05, 4.69) is 11.4 Å². The number of nitrogens with zero attached hydrogens (tertiary/aromatic N) is 2. The van der Waals surface area contributed by atoms with Gasteiger partial charge in [0.2, 0.25) is 11.8 Å². The number of hydrogen-bond donors (Lipinski definition) is 1. The summed E-state index contributed by atoms with van der Waals surface area (Å²) in [5.74, 6) is 0.0712. The van der Waals surface area contributed by atoms with Gasteiger partial charge in [0.05, 0.1) is 0 Å². The van der Waals surface area contributed by atoms with Gasteiger partial charge in [0.1, 0.15) is 12.6 Å². The van der Waals surface area contributed by atoms with E-state index in [0.29, 0.717) is 38.8 Å².